The Morgan fingerprint density at radius 1 is 1.20 bits per heavy atom. The number of hydrogen-bond donors (Lipinski definition) is 0. The Morgan fingerprint density at radius 3 is 2.30 bits per heavy atom. The van der Waals surface area contributed by atoms with Gasteiger partial charge >= 0.3 is 0 Å². The molecule has 0 fully saturated rings. The molecule has 1 rings (SSSR count). The normalized spacial score (nSPS) is 8.00. The van der Waals surface area contributed by atoms with Crippen molar-refractivity contribution in [2.24, 2.45) is 0 Å². The minimum Gasteiger partial charge on any atom is -0.541 e. The molecule has 1 nitrogen and oxygen atoms in total. The SMILES string of the molecule is O=[C-]Cc1ccccc1.[Y]. The van der Waals surface area contributed by atoms with Crippen molar-refractivity contribution < 1.29 is 37.5 Å². The van der Waals surface area contributed by atoms with Gasteiger partial charge in [0.1, 0.15) is 0 Å². The van der Waals surface area contributed by atoms with E-state index in [4.69, 9.17) is 0 Å². The van der Waals surface area contributed by atoms with Gasteiger partial charge in [0.15, 0.2) is 0 Å². The van der Waals surface area contributed by atoms with Crippen LogP contribution < -0.4 is 0 Å². The third-order valence-electron chi connectivity index (χ3n) is 1.12. The average molecular weight is 208 g/mol. The first-order chi connectivity index (χ1) is 4.43. The van der Waals surface area contributed by atoms with E-state index in [9.17, 15) is 4.79 Å². The van der Waals surface area contributed by atoms with Gasteiger partial charge < -0.3 is 4.79 Å². The maximum atomic E-state index is 9.85. The zero-order chi connectivity index (χ0) is 6.53. The molecular weight excluding hydrogens is 201 g/mol. The van der Waals surface area contributed by atoms with Crippen LogP contribution >= 0.6 is 0 Å². The molecule has 0 spiro atoms. The van der Waals surface area contributed by atoms with Crippen molar-refractivity contribution in [1.29, 1.82) is 0 Å². The molecule has 0 saturated carbocycles. The third kappa shape index (κ3) is 3.24. The molecule has 1 aromatic rings. The second-order valence-corrected chi connectivity index (χ2v) is 1.81. The van der Waals surface area contributed by atoms with Gasteiger partial charge in [-0.3, -0.25) is 6.29 Å². The Bertz CT molecular complexity index is 184. The molecule has 1 aromatic carbocycles. The molecular formula is C8H7OY-. The van der Waals surface area contributed by atoms with E-state index >= 15 is 0 Å². The third-order valence-corrected chi connectivity index (χ3v) is 1.12. The Morgan fingerprint density at radius 2 is 1.80 bits per heavy atom. The summed E-state index contributed by atoms with van der Waals surface area (Å²) in [5, 5.41) is 0. The van der Waals surface area contributed by atoms with Crippen molar-refractivity contribution in [3.05, 3.63) is 35.9 Å². The van der Waals surface area contributed by atoms with Gasteiger partial charge in [-0.05, 0) is 0 Å². The molecule has 0 heterocycles. The van der Waals surface area contributed by atoms with Gasteiger partial charge in [-0.15, -0.1) is 6.42 Å². The van der Waals surface area contributed by atoms with Crippen LogP contribution in [0.25, 0.3) is 0 Å². The van der Waals surface area contributed by atoms with Crippen LogP contribution in [-0.2, 0) is 43.9 Å². The van der Waals surface area contributed by atoms with Crippen molar-refractivity contribution in [2.75, 3.05) is 0 Å². The number of benzene rings is 1. The van der Waals surface area contributed by atoms with Gasteiger partial charge in [-0.1, -0.05) is 35.9 Å². The molecule has 0 aliphatic heterocycles. The van der Waals surface area contributed by atoms with E-state index in [1.807, 2.05) is 36.6 Å². The maximum absolute atomic E-state index is 9.85. The molecule has 2 heteroatoms. The summed E-state index contributed by atoms with van der Waals surface area (Å²) >= 11 is 0. The smallest absolute Gasteiger partial charge is 0 e. The van der Waals surface area contributed by atoms with Crippen molar-refractivity contribution in [2.45, 2.75) is 6.42 Å². The van der Waals surface area contributed by atoms with E-state index in [2.05, 4.69) is 0 Å². The first kappa shape index (κ1) is 9.99. The van der Waals surface area contributed by atoms with Crippen LogP contribution in [0.2, 0.25) is 0 Å². The topological polar surface area (TPSA) is 17.1 Å². The summed E-state index contributed by atoms with van der Waals surface area (Å²) in [7, 11) is 0. The van der Waals surface area contributed by atoms with Crippen molar-refractivity contribution in [3.8, 4) is 0 Å². The molecule has 0 saturated heterocycles. The molecule has 49 valence electrons. The van der Waals surface area contributed by atoms with Crippen molar-refractivity contribution >= 4 is 6.29 Å². The average Bonchev–Trinajstić information content (AvgIpc) is 1.91. The minimum atomic E-state index is 0. The van der Waals surface area contributed by atoms with Crippen LogP contribution in [0, 0.1) is 0 Å². The Kier molecular flexibility index (Phi) is 5.75. The summed E-state index contributed by atoms with van der Waals surface area (Å²) in [6, 6.07) is 9.56. The van der Waals surface area contributed by atoms with E-state index in [0.717, 1.165) is 5.56 Å². The van der Waals surface area contributed by atoms with E-state index in [-0.39, 0.29) is 32.7 Å². The van der Waals surface area contributed by atoms with E-state index in [1.54, 1.807) is 0 Å². The van der Waals surface area contributed by atoms with Crippen LogP contribution in [0.1, 0.15) is 5.56 Å². The first-order valence-electron chi connectivity index (χ1n) is 2.82. The fourth-order valence-corrected chi connectivity index (χ4v) is 0.679. The van der Waals surface area contributed by atoms with Crippen LogP contribution in [0.3, 0.4) is 0 Å². The van der Waals surface area contributed by atoms with E-state index in [0.29, 0.717) is 6.42 Å². The summed E-state index contributed by atoms with van der Waals surface area (Å²) < 4.78 is 0. The number of carbonyl (C=O) groups excluding carboxylic acids is 1. The molecule has 0 aliphatic carbocycles. The number of hydrogen-bond acceptors (Lipinski definition) is 1. The zero-order valence-electron chi connectivity index (χ0n) is 5.58. The summed E-state index contributed by atoms with van der Waals surface area (Å²) in [5.41, 5.74) is 1.02. The fourth-order valence-electron chi connectivity index (χ4n) is 0.679. The second kappa shape index (κ2) is 5.75. The largest absolute Gasteiger partial charge is 0.541 e. The maximum Gasteiger partial charge on any atom is 0 e. The van der Waals surface area contributed by atoms with E-state index in [1.165, 1.54) is 0 Å². The molecule has 0 aromatic heterocycles. The summed E-state index contributed by atoms with van der Waals surface area (Å²) in [4.78, 5) is 9.85. The van der Waals surface area contributed by atoms with Crippen LogP contribution in [0.4, 0.5) is 0 Å². The Balaban J connectivity index is 0.000000810. The Hall–Kier alpha value is -0.00610. The van der Waals surface area contributed by atoms with Crippen LogP contribution in [-0.4, -0.2) is 6.29 Å². The van der Waals surface area contributed by atoms with Gasteiger partial charge in [0.25, 0.3) is 0 Å². The van der Waals surface area contributed by atoms with Gasteiger partial charge in [-0.2, -0.15) is 0 Å². The molecule has 0 N–H and O–H groups in total. The second-order valence-electron chi connectivity index (χ2n) is 1.81. The quantitative estimate of drug-likeness (QED) is 0.670. The van der Waals surface area contributed by atoms with Crippen LogP contribution in [0.15, 0.2) is 30.3 Å². The summed E-state index contributed by atoms with van der Waals surface area (Å²) in [5.74, 6) is 0. The fraction of sp³-hybridized carbons (Fsp3) is 0.125. The van der Waals surface area contributed by atoms with E-state index < -0.39 is 0 Å². The van der Waals surface area contributed by atoms with Gasteiger partial charge in [-0.25, -0.2) is 0 Å². The Labute approximate surface area is 85.7 Å². The summed E-state index contributed by atoms with van der Waals surface area (Å²) in [6.07, 6.45) is 2.24. The predicted molar refractivity (Wildman–Crippen MR) is 35.8 cm³/mol. The first-order valence-corrected chi connectivity index (χ1v) is 2.82. The molecule has 0 bridgehead atoms. The van der Waals surface area contributed by atoms with Gasteiger partial charge in [0, 0.05) is 32.7 Å². The minimum absolute atomic E-state index is 0. The molecule has 0 amide bonds. The monoisotopic (exact) mass is 208 g/mol. The van der Waals surface area contributed by atoms with Crippen LogP contribution in [0.5, 0.6) is 0 Å². The standard InChI is InChI=1S/C8H7O.Y/c9-7-6-8-4-2-1-3-5-8;/h1-5H,6H2;/q-1;. The molecule has 0 aliphatic rings. The molecule has 1 radical (unpaired) electrons. The molecule has 0 atom stereocenters. The molecule has 10 heavy (non-hydrogen) atoms. The van der Waals surface area contributed by atoms with Gasteiger partial charge in [0.05, 0.1) is 0 Å². The van der Waals surface area contributed by atoms with Crippen molar-refractivity contribution in [1.82, 2.24) is 0 Å². The summed E-state index contributed by atoms with van der Waals surface area (Å²) in [6.45, 7) is 0. The predicted octanol–water partition coefficient (Wildman–Crippen LogP) is 1.34. The number of rotatable bonds is 2. The van der Waals surface area contributed by atoms with Gasteiger partial charge in [0.2, 0.25) is 0 Å². The molecule has 0 unspecified atom stereocenters. The zero-order valence-corrected chi connectivity index (χ0v) is 8.42. The van der Waals surface area contributed by atoms with Crippen molar-refractivity contribution in [3.63, 3.8) is 0 Å².